The molecule has 3 N–H and O–H groups in total. The van der Waals surface area contributed by atoms with Crippen molar-refractivity contribution in [3.05, 3.63) is 23.9 Å². The van der Waals surface area contributed by atoms with Gasteiger partial charge in [-0.1, -0.05) is 0 Å². The number of rotatable bonds is 2. The summed E-state index contributed by atoms with van der Waals surface area (Å²) in [6.45, 7) is 2.05. The molecule has 0 aliphatic carbocycles. The molecule has 1 aromatic heterocycles. The molecule has 1 unspecified atom stereocenters. The highest BCUT2D eigenvalue weighted by molar-refractivity contribution is 5.76. The summed E-state index contributed by atoms with van der Waals surface area (Å²) in [7, 11) is 1.64. The first-order valence-electron chi connectivity index (χ1n) is 5.86. The predicted octanol–water partition coefficient (Wildman–Crippen LogP) is 1.99. The number of anilines is 1. The van der Waals surface area contributed by atoms with Gasteiger partial charge in [-0.2, -0.15) is 5.10 Å². The molecule has 1 aliphatic rings. The molecule has 0 spiro atoms. The van der Waals surface area contributed by atoms with Gasteiger partial charge in [0.25, 0.3) is 0 Å². The Hall–Kier alpha value is -2.17. The van der Waals surface area contributed by atoms with Crippen molar-refractivity contribution in [2.24, 2.45) is 0 Å². The molecule has 5 heteroatoms. The second kappa shape index (κ2) is 3.94. The minimum Gasteiger partial charge on any atom is -0.493 e. The van der Waals surface area contributed by atoms with Gasteiger partial charge in [-0.05, 0) is 24.6 Å². The highest BCUT2D eigenvalue weighted by Gasteiger charge is 2.24. The van der Waals surface area contributed by atoms with Gasteiger partial charge >= 0.3 is 0 Å². The Morgan fingerprint density at radius 3 is 3.00 bits per heavy atom. The fourth-order valence-electron chi connectivity index (χ4n) is 2.33. The van der Waals surface area contributed by atoms with Crippen LogP contribution in [0.3, 0.4) is 0 Å². The Balaban J connectivity index is 2.14. The Kier molecular flexibility index (Phi) is 2.40. The number of aromatic amines is 1. The van der Waals surface area contributed by atoms with Crippen molar-refractivity contribution in [1.82, 2.24) is 10.2 Å². The van der Waals surface area contributed by atoms with E-state index in [1.165, 1.54) is 0 Å². The van der Waals surface area contributed by atoms with E-state index in [0.29, 0.717) is 5.82 Å². The number of benzene rings is 1. The van der Waals surface area contributed by atoms with Crippen molar-refractivity contribution in [2.75, 3.05) is 12.8 Å². The van der Waals surface area contributed by atoms with Crippen LogP contribution < -0.4 is 15.2 Å². The van der Waals surface area contributed by atoms with Crippen molar-refractivity contribution in [1.29, 1.82) is 0 Å². The van der Waals surface area contributed by atoms with Crippen molar-refractivity contribution in [3.8, 4) is 22.6 Å². The maximum Gasteiger partial charge on any atom is 0.164 e. The first-order chi connectivity index (χ1) is 8.69. The Morgan fingerprint density at radius 2 is 2.33 bits per heavy atom. The van der Waals surface area contributed by atoms with E-state index in [9.17, 15) is 0 Å². The van der Waals surface area contributed by atoms with Crippen LogP contribution in [0.4, 0.5) is 5.82 Å². The molecular weight excluding hydrogens is 230 g/mol. The number of aromatic nitrogens is 2. The quantitative estimate of drug-likeness (QED) is 0.848. The fraction of sp³-hybridized carbons (Fsp3) is 0.308. The van der Waals surface area contributed by atoms with Crippen molar-refractivity contribution in [3.63, 3.8) is 0 Å². The zero-order chi connectivity index (χ0) is 12.7. The normalized spacial score (nSPS) is 17.3. The molecule has 1 aromatic carbocycles. The van der Waals surface area contributed by atoms with Crippen LogP contribution >= 0.6 is 0 Å². The van der Waals surface area contributed by atoms with Gasteiger partial charge in [0.1, 0.15) is 11.9 Å². The van der Waals surface area contributed by atoms with Crippen LogP contribution in [0, 0.1) is 0 Å². The molecule has 3 rings (SSSR count). The molecule has 2 aromatic rings. The SMILES string of the molecule is COc1cc(-c2cn[nH]c2N)cc2c1OC(C)C2. The van der Waals surface area contributed by atoms with Gasteiger partial charge < -0.3 is 15.2 Å². The predicted molar refractivity (Wildman–Crippen MR) is 68.8 cm³/mol. The summed E-state index contributed by atoms with van der Waals surface area (Å²) in [6, 6.07) is 4.01. The van der Waals surface area contributed by atoms with Crippen LogP contribution in [-0.2, 0) is 6.42 Å². The third-order valence-electron chi connectivity index (χ3n) is 3.16. The van der Waals surface area contributed by atoms with Crippen LogP contribution in [-0.4, -0.2) is 23.4 Å². The Bertz CT molecular complexity index is 592. The molecule has 1 atom stereocenters. The minimum atomic E-state index is 0.186. The molecule has 1 aliphatic heterocycles. The lowest BCUT2D eigenvalue weighted by molar-refractivity contribution is 0.243. The number of nitrogens with zero attached hydrogens (tertiary/aromatic N) is 1. The molecule has 2 heterocycles. The summed E-state index contributed by atoms with van der Waals surface area (Å²) in [5.41, 5.74) is 8.88. The zero-order valence-corrected chi connectivity index (χ0v) is 10.4. The van der Waals surface area contributed by atoms with Gasteiger partial charge in [-0.3, -0.25) is 5.10 Å². The van der Waals surface area contributed by atoms with Crippen LogP contribution in [0.5, 0.6) is 11.5 Å². The molecule has 0 saturated heterocycles. The average molecular weight is 245 g/mol. The van der Waals surface area contributed by atoms with E-state index >= 15 is 0 Å². The van der Waals surface area contributed by atoms with E-state index in [0.717, 1.165) is 34.6 Å². The molecule has 18 heavy (non-hydrogen) atoms. The van der Waals surface area contributed by atoms with Gasteiger partial charge in [-0.15, -0.1) is 0 Å². The molecule has 94 valence electrons. The number of fused-ring (bicyclic) bond motifs is 1. The van der Waals surface area contributed by atoms with Gasteiger partial charge in [0.05, 0.1) is 13.3 Å². The summed E-state index contributed by atoms with van der Waals surface area (Å²) in [6.07, 6.45) is 2.79. The summed E-state index contributed by atoms with van der Waals surface area (Å²) in [5.74, 6) is 2.15. The van der Waals surface area contributed by atoms with E-state index in [2.05, 4.69) is 16.3 Å². The minimum absolute atomic E-state index is 0.186. The summed E-state index contributed by atoms with van der Waals surface area (Å²) >= 11 is 0. The first kappa shape index (κ1) is 11.0. The molecular formula is C13H15N3O2. The molecule has 0 radical (unpaired) electrons. The second-order valence-electron chi connectivity index (χ2n) is 4.50. The topological polar surface area (TPSA) is 73.2 Å². The highest BCUT2D eigenvalue weighted by atomic mass is 16.5. The summed E-state index contributed by atoms with van der Waals surface area (Å²) < 4.78 is 11.1. The number of ether oxygens (including phenoxy) is 2. The monoisotopic (exact) mass is 245 g/mol. The highest BCUT2D eigenvalue weighted by Crippen LogP contribution is 2.41. The fourth-order valence-corrected chi connectivity index (χ4v) is 2.33. The number of nitrogen functional groups attached to an aromatic ring is 1. The van der Waals surface area contributed by atoms with Gasteiger partial charge in [0.15, 0.2) is 11.5 Å². The lowest BCUT2D eigenvalue weighted by Crippen LogP contribution is -2.05. The van der Waals surface area contributed by atoms with Gasteiger partial charge in [0, 0.05) is 17.5 Å². The standard InChI is InChI=1S/C13H15N3O2/c1-7-3-9-4-8(10-6-15-16-13(10)14)5-11(17-2)12(9)18-7/h4-7H,3H2,1-2H3,(H3,14,15,16). The number of hydrogen-bond donors (Lipinski definition) is 2. The third-order valence-corrected chi connectivity index (χ3v) is 3.16. The number of nitrogens with two attached hydrogens (primary N) is 1. The lowest BCUT2D eigenvalue weighted by Gasteiger charge is -2.10. The van der Waals surface area contributed by atoms with Crippen molar-refractivity contribution >= 4 is 5.82 Å². The van der Waals surface area contributed by atoms with Crippen molar-refractivity contribution in [2.45, 2.75) is 19.4 Å². The molecule has 0 bridgehead atoms. The van der Waals surface area contributed by atoms with E-state index in [-0.39, 0.29) is 6.10 Å². The van der Waals surface area contributed by atoms with Crippen LogP contribution in [0.1, 0.15) is 12.5 Å². The van der Waals surface area contributed by atoms with Gasteiger partial charge in [-0.25, -0.2) is 0 Å². The van der Waals surface area contributed by atoms with Crippen LogP contribution in [0.25, 0.3) is 11.1 Å². The molecule has 0 fully saturated rings. The second-order valence-corrected chi connectivity index (χ2v) is 4.50. The number of nitrogens with one attached hydrogen (secondary N) is 1. The number of methoxy groups -OCH3 is 1. The average Bonchev–Trinajstić information content (AvgIpc) is 2.92. The smallest absolute Gasteiger partial charge is 0.164 e. The van der Waals surface area contributed by atoms with Crippen molar-refractivity contribution < 1.29 is 9.47 Å². The van der Waals surface area contributed by atoms with E-state index in [4.69, 9.17) is 15.2 Å². The molecule has 0 amide bonds. The zero-order valence-electron chi connectivity index (χ0n) is 10.4. The Labute approximate surface area is 105 Å². The summed E-state index contributed by atoms with van der Waals surface area (Å²) in [5, 5.41) is 6.68. The van der Waals surface area contributed by atoms with Crippen LogP contribution in [0.15, 0.2) is 18.3 Å². The van der Waals surface area contributed by atoms with E-state index in [1.54, 1.807) is 13.3 Å². The number of hydrogen-bond acceptors (Lipinski definition) is 4. The van der Waals surface area contributed by atoms with E-state index in [1.807, 2.05) is 13.0 Å². The Morgan fingerprint density at radius 1 is 1.50 bits per heavy atom. The summed E-state index contributed by atoms with van der Waals surface area (Å²) in [4.78, 5) is 0. The maximum absolute atomic E-state index is 5.85. The molecule has 5 nitrogen and oxygen atoms in total. The third kappa shape index (κ3) is 1.59. The maximum atomic E-state index is 5.85. The number of H-pyrrole nitrogens is 1. The molecule has 0 saturated carbocycles. The van der Waals surface area contributed by atoms with Gasteiger partial charge in [0.2, 0.25) is 0 Å². The van der Waals surface area contributed by atoms with E-state index < -0.39 is 0 Å². The largest absolute Gasteiger partial charge is 0.493 e. The lowest BCUT2D eigenvalue weighted by atomic mass is 10.0. The first-order valence-corrected chi connectivity index (χ1v) is 5.86. The van der Waals surface area contributed by atoms with Crippen LogP contribution in [0.2, 0.25) is 0 Å².